The Hall–Kier alpha value is -2.05. The van der Waals surface area contributed by atoms with Crippen LogP contribution in [-0.4, -0.2) is 12.5 Å². The molecule has 2 nitrogen and oxygen atoms in total. The smallest absolute Gasteiger partial charge is 0.253 e. The van der Waals surface area contributed by atoms with E-state index < -0.39 is 0 Å². The lowest BCUT2D eigenvalue weighted by atomic mass is 10.2. The normalized spacial score (nSPS) is 9.58. The van der Waals surface area contributed by atoms with E-state index in [1.807, 2.05) is 50.2 Å². The minimum Gasteiger partial charge on any atom is -0.341 e. The fourth-order valence-electron chi connectivity index (χ4n) is 1.74. The van der Waals surface area contributed by atoms with Crippen LogP contribution < -0.4 is 5.32 Å². The first-order chi connectivity index (χ1) is 9.16. The Labute approximate surface area is 117 Å². The molecule has 0 saturated heterocycles. The van der Waals surface area contributed by atoms with E-state index in [4.69, 9.17) is 0 Å². The minimum absolute atomic E-state index is 0.0517. The van der Waals surface area contributed by atoms with Crippen LogP contribution in [0.4, 0.5) is 0 Å². The van der Waals surface area contributed by atoms with Gasteiger partial charge in [0.15, 0.2) is 0 Å². The van der Waals surface area contributed by atoms with Gasteiger partial charge < -0.3 is 5.32 Å². The summed E-state index contributed by atoms with van der Waals surface area (Å²) in [5.74, 6) is 5.91. The molecule has 1 amide bonds. The average Bonchev–Trinajstić information content (AvgIpc) is 2.75. The average molecular weight is 269 g/mol. The summed E-state index contributed by atoms with van der Waals surface area (Å²) in [6.45, 7) is 4.33. The number of hydrogen-bond donors (Lipinski definition) is 1. The predicted molar refractivity (Wildman–Crippen MR) is 79.4 cm³/mol. The van der Waals surface area contributed by atoms with E-state index in [0.717, 1.165) is 20.9 Å². The van der Waals surface area contributed by atoms with Crippen LogP contribution in [-0.2, 0) is 0 Å². The molecular formula is C16H15NOS. The Bertz CT molecular complexity index is 632. The van der Waals surface area contributed by atoms with E-state index in [2.05, 4.69) is 17.2 Å². The standard InChI is InChI=1S/C16H15NOS/c1-12-11-15(13(2)19-12)16(18)17-10-6-9-14-7-4-3-5-8-14/h3-5,7-8,11H,10H2,1-2H3,(H,17,18). The number of benzene rings is 1. The molecule has 0 atom stereocenters. The molecule has 0 aliphatic heterocycles. The topological polar surface area (TPSA) is 29.1 Å². The van der Waals surface area contributed by atoms with Gasteiger partial charge in [-0.3, -0.25) is 4.79 Å². The fourth-order valence-corrected chi connectivity index (χ4v) is 2.67. The van der Waals surface area contributed by atoms with E-state index in [-0.39, 0.29) is 5.91 Å². The first kappa shape index (κ1) is 13.4. The van der Waals surface area contributed by atoms with Gasteiger partial charge in [-0.1, -0.05) is 30.0 Å². The monoisotopic (exact) mass is 269 g/mol. The van der Waals surface area contributed by atoms with Crippen molar-refractivity contribution in [2.24, 2.45) is 0 Å². The summed E-state index contributed by atoms with van der Waals surface area (Å²) in [6.07, 6.45) is 0. The summed E-state index contributed by atoms with van der Waals surface area (Å²) in [5, 5.41) is 2.82. The third-order valence-electron chi connectivity index (χ3n) is 2.63. The van der Waals surface area contributed by atoms with Crippen LogP contribution in [0.25, 0.3) is 0 Å². The molecule has 0 aliphatic carbocycles. The summed E-state index contributed by atoms with van der Waals surface area (Å²) in [4.78, 5) is 14.1. The second-order valence-electron chi connectivity index (χ2n) is 4.18. The molecule has 0 radical (unpaired) electrons. The molecule has 0 bridgehead atoms. The van der Waals surface area contributed by atoms with E-state index >= 15 is 0 Å². The molecular weight excluding hydrogens is 254 g/mol. The Morgan fingerprint density at radius 3 is 2.63 bits per heavy atom. The van der Waals surface area contributed by atoms with Crippen LogP contribution in [0.3, 0.4) is 0 Å². The zero-order valence-electron chi connectivity index (χ0n) is 11.0. The number of aryl methyl sites for hydroxylation is 2. The Morgan fingerprint density at radius 1 is 1.26 bits per heavy atom. The quantitative estimate of drug-likeness (QED) is 0.834. The van der Waals surface area contributed by atoms with Gasteiger partial charge in [0.05, 0.1) is 12.1 Å². The van der Waals surface area contributed by atoms with Crippen molar-refractivity contribution in [1.82, 2.24) is 5.32 Å². The van der Waals surface area contributed by atoms with Crippen LogP contribution in [0.1, 0.15) is 25.7 Å². The Balaban J connectivity index is 1.92. The maximum Gasteiger partial charge on any atom is 0.253 e. The molecule has 0 fully saturated rings. The third kappa shape index (κ3) is 3.70. The molecule has 0 saturated carbocycles. The molecule has 0 aliphatic rings. The number of thiophene rings is 1. The molecule has 2 aromatic rings. The van der Waals surface area contributed by atoms with Crippen molar-refractivity contribution in [1.29, 1.82) is 0 Å². The molecule has 3 heteroatoms. The Morgan fingerprint density at radius 2 is 2.00 bits per heavy atom. The SMILES string of the molecule is Cc1cc(C(=O)NCC#Cc2ccccc2)c(C)s1. The zero-order chi connectivity index (χ0) is 13.7. The molecule has 96 valence electrons. The lowest BCUT2D eigenvalue weighted by molar-refractivity contribution is 0.0958. The molecule has 1 heterocycles. The van der Waals surface area contributed by atoms with Gasteiger partial charge in [0.1, 0.15) is 0 Å². The minimum atomic E-state index is -0.0517. The highest BCUT2D eigenvalue weighted by Crippen LogP contribution is 2.20. The number of carbonyl (C=O) groups is 1. The van der Waals surface area contributed by atoms with Gasteiger partial charge in [0, 0.05) is 15.3 Å². The van der Waals surface area contributed by atoms with E-state index in [1.54, 1.807) is 11.3 Å². The van der Waals surface area contributed by atoms with Crippen molar-refractivity contribution >= 4 is 17.2 Å². The van der Waals surface area contributed by atoms with E-state index in [9.17, 15) is 4.79 Å². The van der Waals surface area contributed by atoms with Gasteiger partial charge in [0.2, 0.25) is 0 Å². The lowest BCUT2D eigenvalue weighted by Crippen LogP contribution is -2.23. The van der Waals surface area contributed by atoms with Crippen LogP contribution in [0.5, 0.6) is 0 Å². The fraction of sp³-hybridized carbons (Fsp3) is 0.188. The van der Waals surface area contributed by atoms with Crippen molar-refractivity contribution in [2.75, 3.05) is 6.54 Å². The van der Waals surface area contributed by atoms with Gasteiger partial charge in [0.25, 0.3) is 5.91 Å². The largest absolute Gasteiger partial charge is 0.341 e. The molecule has 1 N–H and O–H groups in total. The van der Waals surface area contributed by atoms with Crippen LogP contribution in [0, 0.1) is 25.7 Å². The highest BCUT2D eigenvalue weighted by Gasteiger charge is 2.10. The maximum atomic E-state index is 11.9. The summed E-state index contributed by atoms with van der Waals surface area (Å²) >= 11 is 1.64. The molecule has 0 unspecified atom stereocenters. The molecule has 1 aromatic heterocycles. The highest BCUT2D eigenvalue weighted by atomic mass is 32.1. The molecule has 2 rings (SSSR count). The highest BCUT2D eigenvalue weighted by molar-refractivity contribution is 7.12. The van der Waals surface area contributed by atoms with Gasteiger partial charge in [-0.2, -0.15) is 0 Å². The van der Waals surface area contributed by atoms with Crippen molar-refractivity contribution < 1.29 is 4.79 Å². The summed E-state index contributed by atoms with van der Waals surface area (Å²) in [5.41, 5.74) is 1.71. The first-order valence-electron chi connectivity index (χ1n) is 6.06. The number of rotatable bonds is 2. The first-order valence-corrected chi connectivity index (χ1v) is 6.87. The second-order valence-corrected chi connectivity index (χ2v) is 5.64. The predicted octanol–water partition coefficient (Wildman–Crippen LogP) is 3.15. The molecule has 19 heavy (non-hydrogen) atoms. The summed E-state index contributed by atoms with van der Waals surface area (Å²) in [6, 6.07) is 11.6. The van der Waals surface area contributed by atoms with E-state index in [0.29, 0.717) is 6.54 Å². The maximum absolute atomic E-state index is 11.9. The van der Waals surface area contributed by atoms with Gasteiger partial charge in [-0.15, -0.1) is 11.3 Å². The number of hydrogen-bond acceptors (Lipinski definition) is 2. The van der Waals surface area contributed by atoms with Crippen molar-refractivity contribution in [3.8, 4) is 11.8 Å². The Kier molecular flexibility index (Phi) is 4.38. The van der Waals surface area contributed by atoms with E-state index in [1.165, 1.54) is 0 Å². The van der Waals surface area contributed by atoms with Crippen LogP contribution >= 0.6 is 11.3 Å². The van der Waals surface area contributed by atoms with Gasteiger partial charge >= 0.3 is 0 Å². The summed E-state index contributed by atoms with van der Waals surface area (Å²) < 4.78 is 0. The van der Waals surface area contributed by atoms with Crippen molar-refractivity contribution in [3.63, 3.8) is 0 Å². The number of amides is 1. The van der Waals surface area contributed by atoms with Gasteiger partial charge in [-0.25, -0.2) is 0 Å². The van der Waals surface area contributed by atoms with Crippen LogP contribution in [0.15, 0.2) is 36.4 Å². The lowest BCUT2D eigenvalue weighted by Gasteiger charge is -1.99. The second kappa shape index (κ2) is 6.21. The number of carbonyl (C=O) groups excluding carboxylic acids is 1. The number of nitrogens with one attached hydrogen (secondary N) is 1. The van der Waals surface area contributed by atoms with Crippen molar-refractivity contribution in [2.45, 2.75) is 13.8 Å². The third-order valence-corrected chi connectivity index (χ3v) is 3.60. The zero-order valence-corrected chi connectivity index (χ0v) is 11.8. The van der Waals surface area contributed by atoms with Crippen molar-refractivity contribution in [3.05, 3.63) is 57.3 Å². The molecule has 0 spiro atoms. The molecule has 1 aromatic carbocycles. The van der Waals surface area contributed by atoms with Crippen LogP contribution in [0.2, 0.25) is 0 Å². The summed E-state index contributed by atoms with van der Waals surface area (Å²) in [7, 11) is 0. The van der Waals surface area contributed by atoms with Gasteiger partial charge in [-0.05, 0) is 32.0 Å².